The summed E-state index contributed by atoms with van der Waals surface area (Å²) in [6, 6.07) is 11.8. The van der Waals surface area contributed by atoms with Gasteiger partial charge in [-0.25, -0.2) is 0 Å². The number of methoxy groups -OCH3 is 1. The highest BCUT2D eigenvalue weighted by Crippen LogP contribution is 2.26. The summed E-state index contributed by atoms with van der Waals surface area (Å²) in [7, 11) is 1.58. The molecule has 1 aromatic carbocycles. The third kappa shape index (κ3) is 4.06. The second-order valence-electron chi connectivity index (χ2n) is 4.67. The first-order chi connectivity index (χ1) is 10.3. The third-order valence-electron chi connectivity index (χ3n) is 3.18. The molecule has 0 saturated carbocycles. The van der Waals surface area contributed by atoms with E-state index < -0.39 is 0 Å². The highest BCUT2D eigenvalue weighted by atomic mass is 32.1. The Morgan fingerprint density at radius 1 is 1.29 bits per heavy atom. The van der Waals surface area contributed by atoms with Crippen LogP contribution in [0.15, 0.2) is 41.8 Å². The average Bonchev–Trinajstić information content (AvgIpc) is 3.00. The van der Waals surface area contributed by atoms with Crippen molar-refractivity contribution in [2.75, 3.05) is 20.2 Å². The van der Waals surface area contributed by atoms with Crippen molar-refractivity contribution in [3.8, 4) is 5.75 Å². The normalized spacial score (nSPS) is 10.4. The van der Waals surface area contributed by atoms with Gasteiger partial charge in [0.25, 0.3) is 5.91 Å². The predicted octanol–water partition coefficient (Wildman–Crippen LogP) is 2.75. The molecule has 0 fully saturated rings. The molecule has 0 spiro atoms. The van der Waals surface area contributed by atoms with Crippen LogP contribution < -0.4 is 10.5 Å². The first kappa shape index (κ1) is 15.5. The minimum Gasteiger partial charge on any atom is -0.495 e. The van der Waals surface area contributed by atoms with Crippen molar-refractivity contribution in [2.24, 2.45) is 5.73 Å². The number of carbonyl (C=O) groups is 1. The largest absolute Gasteiger partial charge is 0.495 e. The molecule has 0 aliphatic carbocycles. The quantitative estimate of drug-likeness (QED) is 0.855. The summed E-state index contributed by atoms with van der Waals surface area (Å²) in [5.74, 6) is 0.634. The molecule has 0 saturated heterocycles. The third-order valence-corrected chi connectivity index (χ3v) is 4.06. The molecule has 0 unspecified atom stereocenters. The minimum atomic E-state index is -0.000784. The van der Waals surface area contributed by atoms with Crippen LogP contribution in [0.25, 0.3) is 0 Å². The maximum Gasteiger partial charge on any atom is 0.268 e. The predicted molar refractivity (Wildman–Crippen MR) is 85.7 cm³/mol. The number of nitrogens with two attached hydrogens (primary N) is 1. The Kier molecular flexibility index (Phi) is 5.78. The number of nitrogens with zero attached hydrogens (tertiary/aromatic N) is 1. The van der Waals surface area contributed by atoms with Gasteiger partial charge in [-0.2, -0.15) is 0 Å². The summed E-state index contributed by atoms with van der Waals surface area (Å²) in [6.07, 6.45) is 0.784. The van der Waals surface area contributed by atoms with Crippen LogP contribution in [0, 0.1) is 0 Å². The van der Waals surface area contributed by atoms with Gasteiger partial charge in [-0.15, -0.1) is 11.3 Å². The maximum absolute atomic E-state index is 12.7. The van der Waals surface area contributed by atoms with Gasteiger partial charge in [0.05, 0.1) is 7.11 Å². The van der Waals surface area contributed by atoms with E-state index in [1.807, 2.05) is 46.7 Å². The van der Waals surface area contributed by atoms with Crippen LogP contribution in [0.5, 0.6) is 5.75 Å². The second kappa shape index (κ2) is 7.81. The summed E-state index contributed by atoms with van der Waals surface area (Å²) in [6.45, 7) is 1.80. The Morgan fingerprint density at radius 3 is 2.71 bits per heavy atom. The number of carbonyl (C=O) groups excluding carboxylic acids is 1. The molecule has 0 radical (unpaired) electrons. The second-order valence-corrected chi connectivity index (χ2v) is 5.59. The molecule has 2 N–H and O–H groups in total. The van der Waals surface area contributed by atoms with E-state index in [0.717, 1.165) is 12.0 Å². The molecule has 4 nitrogen and oxygen atoms in total. The van der Waals surface area contributed by atoms with Crippen LogP contribution >= 0.6 is 11.3 Å². The Bertz CT molecular complexity index is 569. The molecule has 0 aliphatic rings. The van der Waals surface area contributed by atoms with Gasteiger partial charge in [-0.05, 0) is 30.0 Å². The number of hydrogen-bond acceptors (Lipinski definition) is 4. The van der Waals surface area contributed by atoms with E-state index in [4.69, 9.17) is 10.5 Å². The lowest BCUT2D eigenvalue weighted by molar-refractivity contribution is 0.0744. The number of amides is 1. The smallest absolute Gasteiger partial charge is 0.268 e. The summed E-state index contributed by atoms with van der Waals surface area (Å²) in [5.41, 5.74) is 6.69. The Hall–Kier alpha value is -1.85. The van der Waals surface area contributed by atoms with Crippen LogP contribution in [0.4, 0.5) is 0 Å². The number of thiophene rings is 1. The molecule has 0 bridgehead atoms. The fourth-order valence-electron chi connectivity index (χ4n) is 2.10. The van der Waals surface area contributed by atoms with Gasteiger partial charge >= 0.3 is 0 Å². The van der Waals surface area contributed by atoms with Gasteiger partial charge in [0.2, 0.25) is 0 Å². The topological polar surface area (TPSA) is 55.6 Å². The van der Waals surface area contributed by atoms with Gasteiger partial charge in [0.15, 0.2) is 0 Å². The monoisotopic (exact) mass is 304 g/mol. The Labute approximate surface area is 129 Å². The van der Waals surface area contributed by atoms with Crippen LogP contribution in [-0.2, 0) is 6.54 Å². The first-order valence-corrected chi connectivity index (χ1v) is 7.79. The van der Waals surface area contributed by atoms with Crippen LogP contribution in [0.2, 0.25) is 0 Å². The Morgan fingerprint density at radius 2 is 2.05 bits per heavy atom. The zero-order chi connectivity index (χ0) is 15.1. The SMILES string of the molecule is COc1ccsc1C(=O)N(CCCN)Cc1ccccc1. The molecule has 2 aromatic rings. The van der Waals surface area contributed by atoms with Crippen molar-refractivity contribution in [1.82, 2.24) is 4.90 Å². The highest BCUT2D eigenvalue weighted by Gasteiger charge is 2.20. The minimum absolute atomic E-state index is 0.000784. The van der Waals surface area contributed by atoms with Gasteiger partial charge in [0.1, 0.15) is 10.6 Å². The van der Waals surface area contributed by atoms with Crippen LogP contribution in [0.1, 0.15) is 21.7 Å². The van der Waals surface area contributed by atoms with Crippen molar-refractivity contribution >= 4 is 17.2 Å². The lowest BCUT2D eigenvalue weighted by Gasteiger charge is -2.22. The van der Waals surface area contributed by atoms with Crippen molar-refractivity contribution in [3.63, 3.8) is 0 Å². The highest BCUT2D eigenvalue weighted by molar-refractivity contribution is 7.12. The number of hydrogen-bond donors (Lipinski definition) is 1. The van der Waals surface area contributed by atoms with E-state index in [1.165, 1.54) is 11.3 Å². The van der Waals surface area contributed by atoms with Gasteiger partial charge in [0, 0.05) is 13.1 Å². The van der Waals surface area contributed by atoms with Gasteiger partial charge in [-0.1, -0.05) is 30.3 Å². The molecule has 1 heterocycles. The molecule has 0 atom stereocenters. The van der Waals surface area contributed by atoms with Crippen molar-refractivity contribution in [1.29, 1.82) is 0 Å². The maximum atomic E-state index is 12.7. The lowest BCUT2D eigenvalue weighted by Crippen LogP contribution is -2.32. The molecule has 2 rings (SSSR count). The van der Waals surface area contributed by atoms with Gasteiger partial charge in [-0.3, -0.25) is 4.79 Å². The van der Waals surface area contributed by atoms with E-state index in [1.54, 1.807) is 7.11 Å². The fourth-order valence-corrected chi connectivity index (χ4v) is 2.92. The molecule has 112 valence electrons. The first-order valence-electron chi connectivity index (χ1n) is 6.91. The number of benzene rings is 1. The van der Waals surface area contributed by atoms with Crippen molar-refractivity contribution in [2.45, 2.75) is 13.0 Å². The molecule has 1 aromatic heterocycles. The molecule has 0 aliphatic heterocycles. The molecular weight excluding hydrogens is 284 g/mol. The summed E-state index contributed by atoms with van der Waals surface area (Å²) in [4.78, 5) is 15.2. The van der Waals surface area contributed by atoms with E-state index >= 15 is 0 Å². The van der Waals surface area contributed by atoms with Crippen molar-refractivity contribution in [3.05, 3.63) is 52.2 Å². The zero-order valence-electron chi connectivity index (χ0n) is 12.1. The Balaban J connectivity index is 2.17. The summed E-state index contributed by atoms with van der Waals surface area (Å²) >= 11 is 1.41. The fraction of sp³-hybridized carbons (Fsp3) is 0.312. The average molecular weight is 304 g/mol. The van der Waals surface area contributed by atoms with Crippen LogP contribution in [0.3, 0.4) is 0 Å². The van der Waals surface area contributed by atoms with E-state index in [9.17, 15) is 4.79 Å². The van der Waals surface area contributed by atoms with Crippen LogP contribution in [-0.4, -0.2) is 31.0 Å². The van der Waals surface area contributed by atoms with Crippen molar-refractivity contribution < 1.29 is 9.53 Å². The summed E-state index contributed by atoms with van der Waals surface area (Å²) < 4.78 is 5.25. The molecule has 21 heavy (non-hydrogen) atoms. The standard InChI is InChI=1S/C16H20N2O2S/c1-20-14-8-11-21-15(14)16(19)18(10-5-9-17)12-13-6-3-2-4-7-13/h2-4,6-8,11H,5,9-10,12,17H2,1H3. The molecule has 1 amide bonds. The van der Waals surface area contributed by atoms with E-state index in [0.29, 0.717) is 30.3 Å². The molecule has 5 heteroatoms. The number of rotatable bonds is 7. The van der Waals surface area contributed by atoms with E-state index in [-0.39, 0.29) is 5.91 Å². The zero-order valence-corrected chi connectivity index (χ0v) is 12.9. The molecular formula is C16H20N2O2S. The van der Waals surface area contributed by atoms with E-state index in [2.05, 4.69) is 0 Å². The van der Waals surface area contributed by atoms with Gasteiger partial charge < -0.3 is 15.4 Å². The summed E-state index contributed by atoms with van der Waals surface area (Å²) in [5, 5.41) is 1.87. The number of ether oxygens (including phenoxy) is 1. The lowest BCUT2D eigenvalue weighted by atomic mass is 10.2.